The van der Waals surface area contributed by atoms with Crippen LogP contribution in [0.3, 0.4) is 0 Å². The zero-order valence-corrected chi connectivity index (χ0v) is 14.2. The number of hydrogen-bond acceptors (Lipinski definition) is 4. The molecule has 0 fully saturated rings. The second-order valence-electron chi connectivity index (χ2n) is 5.74. The number of halogens is 1. The first-order valence-corrected chi connectivity index (χ1v) is 8.35. The van der Waals surface area contributed by atoms with E-state index in [1.807, 2.05) is 41.1 Å². The van der Waals surface area contributed by atoms with Crippen molar-refractivity contribution in [2.45, 2.75) is 13.1 Å². The Kier molecular flexibility index (Phi) is 4.31. The van der Waals surface area contributed by atoms with Gasteiger partial charge in [0.1, 0.15) is 12.7 Å². The molecule has 4 aromatic rings. The van der Waals surface area contributed by atoms with Gasteiger partial charge < -0.3 is 5.32 Å². The van der Waals surface area contributed by atoms with Crippen LogP contribution in [0.25, 0.3) is 10.9 Å². The summed E-state index contributed by atoms with van der Waals surface area (Å²) in [6, 6.07) is 16.0. The molecule has 25 heavy (non-hydrogen) atoms. The third kappa shape index (κ3) is 3.46. The average molecular weight is 350 g/mol. The molecule has 0 aliphatic rings. The molecule has 0 unspecified atom stereocenters. The summed E-state index contributed by atoms with van der Waals surface area (Å²) >= 11 is 6.14. The molecule has 6 heteroatoms. The van der Waals surface area contributed by atoms with Crippen LogP contribution in [0.15, 0.2) is 67.4 Å². The number of aromatic nitrogens is 4. The van der Waals surface area contributed by atoms with Crippen LogP contribution in [0.1, 0.15) is 11.1 Å². The molecular weight excluding hydrogens is 334 g/mol. The lowest BCUT2D eigenvalue weighted by molar-refractivity contribution is 0.680. The highest BCUT2D eigenvalue weighted by atomic mass is 35.5. The molecule has 2 aromatic carbocycles. The van der Waals surface area contributed by atoms with Gasteiger partial charge in [-0.3, -0.25) is 4.98 Å². The molecule has 2 aromatic heterocycles. The van der Waals surface area contributed by atoms with E-state index in [0.717, 1.165) is 16.6 Å². The first-order chi connectivity index (χ1) is 12.3. The average Bonchev–Trinajstić information content (AvgIpc) is 3.14. The van der Waals surface area contributed by atoms with Crippen LogP contribution in [0.2, 0.25) is 5.02 Å². The summed E-state index contributed by atoms with van der Waals surface area (Å²) in [5, 5.41) is 9.41. The predicted molar refractivity (Wildman–Crippen MR) is 99.6 cm³/mol. The Hall–Kier alpha value is -2.92. The fourth-order valence-electron chi connectivity index (χ4n) is 2.84. The summed E-state index contributed by atoms with van der Waals surface area (Å²) < 4.78 is 1.82. The van der Waals surface area contributed by atoms with Crippen molar-refractivity contribution < 1.29 is 0 Å². The van der Waals surface area contributed by atoms with Crippen molar-refractivity contribution in [3.8, 4) is 0 Å². The van der Waals surface area contributed by atoms with Gasteiger partial charge in [0.25, 0.3) is 0 Å². The van der Waals surface area contributed by atoms with Crippen LogP contribution in [0.4, 0.5) is 5.69 Å². The predicted octanol–water partition coefficient (Wildman–Crippen LogP) is 4.14. The van der Waals surface area contributed by atoms with E-state index >= 15 is 0 Å². The molecule has 1 N–H and O–H groups in total. The Bertz CT molecular complexity index is 998. The number of pyridine rings is 1. The number of nitrogens with one attached hydrogen (secondary N) is 1. The summed E-state index contributed by atoms with van der Waals surface area (Å²) in [6.07, 6.45) is 5.08. The van der Waals surface area contributed by atoms with Crippen LogP contribution in [-0.4, -0.2) is 19.7 Å². The van der Waals surface area contributed by atoms with E-state index in [9.17, 15) is 0 Å². The zero-order valence-electron chi connectivity index (χ0n) is 13.4. The lowest BCUT2D eigenvalue weighted by Crippen LogP contribution is -2.07. The van der Waals surface area contributed by atoms with Crippen LogP contribution in [0.5, 0.6) is 0 Å². The standard InChI is InChI=1S/C19H16ClN5/c20-16-5-6-18-17(9-16)19(7-8-22-18)23-10-14-3-1-2-4-15(14)11-25-13-21-12-24-25/h1-9,12-13H,10-11H2,(H,22,23). The summed E-state index contributed by atoms with van der Waals surface area (Å²) in [4.78, 5) is 8.39. The molecule has 0 bridgehead atoms. The lowest BCUT2D eigenvalue weighted by Gasteiger charge is -2.13. The summed E-state index contributed by atoms with van der Waals surface area (Å²) in [7, 11) is 0. The van der Waals surface area contributed by atoms with Gasteiger partial charge in [-0.05, 0) is 35.4 Å². The number of hydrogen-bond donors (Lipinski definition) is 1. The highest BCUT2D eigenvalue weighted by Crippen LogP contribution is 2.25. The maximum absolute atomic E-state index is 6.14. The molecule has 0 aliphatic carbocycles. The molecule has 0 atom stereocenters. The highest BCUT2D eigenvalue weighted by molar-refractivity contribution is 6.31. The quantitative estimate of drug-likeness (QED) is 0.588. The van der Waals surface area contributed by atoms with Crippen LogP contribution >= 0.6 is 11.6 Å². The third-order valence-electron chi connectivity index (χ3n) is 4.09. The van der Waals surface area contributed by atoms with Crippen molar-refractivity contribution >= 4 is 28.2 Å². The number of fused-ring (bicyclic) bond motifs is 1. The first-order valence-electron chi connectivity index (χ1n) is 7.97. The highest BCUT2D eigenvalue weighted by Gasteiger charge is 2.06. The molecule has 0 spiro atoms. The Morgan fingerprint density at radius 2 is 1.92 bits per heavy atom. The third-order valence-corrected chi connectivity index (χ3v) is 4.33. The second kappa shape index (κ2) is 6.91. The van der Waals surface area contributed by atoms with Gasteiger partial charge in [-0.25, -0.2) is 9.67 Å². The molecule has 0 amide bonds. The normalized spacial score (nSPS) is 10.9. The molecule has 4 rings (SSSR count). The minimum Gasteiger partial charge on any atom is -0.380 e. The van der Waals surface area contributed by atoms with Crippen molar-refractivity contribution in [3.63, 3.8) is 0 Å². The molecule has 5 nitrogen and oxygen atoms in total. The maximum atomic E-state index is 6.14. The molecule has 0 saturated carbocycles. The molecule has 0 aliphatic heterocycles. The van der Waals surface area contributed by atoms with E-state index in [2.05, 4.69) is 32.5 Å². The van der Waals surface area contributed by atoms with Crippen molar-refractivity contribution in [3.05, 3.63) is 83.5 Å². The van der Waals surface area contributed by atoms with Gasteiger partial charge in [0.15, 0.2) is 0 Å². The number of nitrogens with zero attached hydrogens (tertiary/aromatic N) is 4. The first kappa shape index (κ1) is 15.6. The van der Waals surface area contributed by atoms with Crippen molar-refractivity contribution in [1.82, 2.24) is 19.7 Å². The minimum absolute atomic E-state index is 0.695. The Balaban J connectivity index is 1.59. The summed E-state index contributed by atoms with van der Waals surface area (Å²) in [5.74, 6) is 0. The number of anilines is 1. The van der Waals surface area contributed by atoms with E-state index in [-0.39, 0.29) is 0 Å². The minimum atomic E-state index is 0.695. The van der Waals surface area contributed by atoms with Crippen molar-refractivity contribution in [1.29, 1.82) is 0 Å². The van der Waals surface area contributed by atoms with Gasteiger partial charge in [0.2, 0.25) is 0 Å². The topological polar surface area (TPSA) is 55.6 Å². The van der Waals surface area contributed by atoms with Gasteiger partial charge in [0, 0.05) is 28.8 Å². The van der Waals surface area contributed by atoms with Gasteiger partial charge in [-0.2, -0.15) is 5.10 Å². The van der Waals surface area contributed by atoms with E-state index in [1.54, 1.807) is 18.9 Å². The molecule has 124 valence electrons. The monoisotopic (exact) mass is 349 g/mol. The van der Waals surface area contributed by atoms with E-state index < -0.39 is 0 Å². The van der Waals surface area contributed by atoms with Gasteiger partial charge >= 0.3 is 0 Å². The Morgan fingerprint density at radius 1 is 1.04 bits per heavy atom. The second-order valence-corrected chi connectivity index (χ2v) is 6.17. The zero-order chi connectivity index (χ0) is 17.1. The molecule has 2 heterocycles. The lowest BCUT2D eigenvalue weighted by atomic mass is 10.1. The molecule has 0 saturated heterocycles. The van der Waals surface area contributed by atoms with Crippen molar-refractivity contribution in [2.24, 2.45) is 0 Å². The largest absolute Gasteiger partial charge is 0.380 e. The number of rotatable bonds is 5. The van der Waals surface area contributed by atoms with Crippen LogP contribution in [0, 0.1) is 0 Å². The number of benzene rings is 2. The van der Waals surface area contributed by atoms with Crippen LogP contribution < -0.4 is 5.32 Å². The van der Waals surface area contributed by atoms with Gasteiger partial charge in [-0.1, -0.05) is 35.9 Å². The summed E-state index contributed by atoms with van der Waals surface area (Å²) in [6.45, 7) is 1.40. The Labute approximate surface area is 150 Å². The van der Waals surface area contributed by atoms with Crippen molar-refractivity contribution in [2.75, 3.05) is 5.32 Å². The smallest absolute Gasteiger partial charge is 0.137 e. The fraction of sp³-hybridized carbons (Fsp3) is 0.105. The van der Waals surface area contributed by atoms with E-state index in [0.29, 0.717) is 18.1 Å². The molecule has 0 radical (unpaired) electrons. The molecular formula is C19H16ClN5. The fourth-order valence-corrected chi connectivity index (χ4v) is 3.01. The Morgan fingerprint density at radius 3 is 2.76 bits per heavy atom. The SMILES string of the molecule is Clc1ccc2nccc(NCc3ccccc3Cn3cncn3)c2c1. The maximum Gasteiger partial charge on any atom is 0.137 e. The van der Waals surface area contributed by atoms with E-state index in [4.69, 9.17) is 11.6 Å². The summed E-state index contributed by atoms with van der Waals surface area (Å²) in [5.41, 5.74) is 4.36. The van der Waals surface area contributed by atoms with Gasteiger partial charge in [0.05, 0.1) is 12.1 Å². The van der Waals surface area contributed by atoms with E-state index in [1.165, 1.54) is 11.1 Å². The van der Waals surface area contributed by atoms with Crippen LogP contribution in [-0.2, 0) is 13.1 Å². The van der Waals surface area contributed by atoms with Gasteiger partial charge in [-0.15, -0.1) is 0 Å².